The summed E-state index contributed by atoms with van der Waals surface area (Å²) in [5.41, 5.74) is 0.246. The monoisotopic (exact) mass is 630 g/mol. The maximum Gasteiger partial charge on any atom is 0.243 e. The Kier molecular flexibility index (Phi) is 10.9. The van der Waals surface area contributed by atoms with Crippen molar-refractivity contribution in [2.75, 3.05) is 13.7 Å². The molecule has 0 saturated carbocycles. The van der Waals surface area contributed by atoms with Gasteiger partial charge in [0.1, 0.15) is 6.23 Å². The fraction of sp³-hybridized carbons (Fsp3) is 0.706. The molecular formula is C34H50N2O9. The van der Waals surface area contributed by atoms with Crippen molar-refractivity contribution in [3.05, 3.63) is 36.0 Å². The van der Waals surface area contributed by atoms with Gasteiger partial charge in [-0.2, -0.15) is 0 Å². The number of aliphatic hydroxyl groups is 1. The lowest BCUT2D eigenvalue weighted by Crippen LogP contribution is -2.61. The fourth-order valence-electron chi connectivity index (χ4n) is 6.85. The zero-order chi connectivity index (χ0) is 33.3. The van der Waals surface area contributed by atoms with Gasteiger partial charge < -0.3 is 34.3 Å². The Morgan fingerprint density at radius 3 is 2.49 bits per heavy atom. The van der Waals surface area contributed by atoms with Crippen LogP contribution in [0.2, 0.25) is 0 Å². The second-order valence-corrected chi connectivity index (χ2v) is 12.8. The van der Waals surface area contributed by atoms with Gasteiger partial charge in [-0.3, -0.25) is 19.2 Å². The van der Waals surface area contributed by atoms with Gasteiger partial charge in [-0.15, -0.1) is 0 Å². The third-order valence-electron chi connectivity index (χ3n) is 9.68. The number of Topliss-reactive ketones (excluding diaryl/α,β-unsaturated/α-hetero) is 1. The van der Waals surface area contributed by atoms with Crippen molar-refractivity contribution in [1.29, 1.82) is 0 Å². The van der Waals surface area contributed by atoms with Crippen molar-refractivity contribution in [1.82, 2.24) is 10.2 Å². The molecule has 45 heavy (non-hydrogen) atoms. The third-order valence-corrected chi connectivity index (χ3v) is 9.68. The molecule has 5 heterocycles. The normalized spacial score (nSPS) is 39.9. The van der Waals surface area contributed by atoms with E-state index in [9.17, 15) is 24.3 Å². The summed E-state index contributed by atoms with van der Waals surface area (Å²) < 4.78 is 24.3. The smallest absolute Gasteiger partial charge is 0.243 e. The lowest BCUT2D eigenvalue weighted by Gasteiger charge is -2.51. The molecule has 6 unspecified atom stereocenters. The number of likely N-dealkylation sites (tertiary alicyclic amines) is 1. The number of ketones is 2. The molecule has 11 atom stereocenters. The van der Waals surface area contributed by atoms with Crippen molar-refractivity contribution in [3.8, 4) is 0 Å². The second kappa shape index (κ2) is 14.0. The van der Waals surface area contributed by atoms with Crippen LogP contribution in [0.15, 0.2) is 36.0 Å². The maximum absolute atomic E-state index is 13.6. The molecule has 2 amide bonds. The van der Waals surface area contributed by atoms with Gasteiger partial charge in [0.2, 0.25) is 17.6 Å². The van der Waals surface area contributed by atoms with E-state index in [0.29, 0.717) is 19.4 Å². The van der Waals surface area contributed by atoms with Crippen molar-refractivity contribution in [3.63, 3.8) is 0 Å². The molecular weight excluding hydrogens is 580 g/mol. The molecule has 4 fully saturated rings. The van der Waals surface area contributed by atoms with E-state index in [1.807, 2.05) is 39.8 Å². The van der Waals surface area contributed by atoms with E-state index in [0.717, 1.165) is 5.57 Å². The molecule has 11 heteroatoms. The fourth-order valence-corrected chi connectivity index (χ4v) is 6.85. The van der Waals surface area contributed by atoms with Gasteiger partial charge in [0, 0.05) is 25.3 Å². The van der Waals surface area contributed by atoms with Crippen LogP contribution in [0.5, 0.6) is 0 Å². The molecule has 11 nitrogen and oxygen atoms in total. The number of aliphatic hydroxyl groups excluding tert-OH is 1. The topological polar surface area (TPSA) is 144 Å². The minimum absolute atomic E-state index is 0.0215. The number of hydrogen-bond acceptors (Lipinski definition) is 9. The molecule has 4 saturated heterocycles. The zero-order valence-corrected chi connectivity index (χ0v) is 27.8. The molecule has 250 valence electrons. The summed E-state index contributed by atoms with van der Waals surface area (Å²) in [6.45, 7) is 14.2. The molecule has 5 aliphatic heterocycles. The van der Waals surface area contributed by atoms with Crippen molar-refractivity contribution >= 4 is 23.4 Å². The third kappa shape index (κ3) is 6.88. The average Bonchev–Trinajstić information content (AvgIpc) is 3.76. The Morgan fingerprint density at radius 1 is 1.18 bits per heavy atom. The molecule has 5 rings (SSSR count). The van der Waals surface area contributed by atoms with Crippen LogP contribution in [0.25, 0.3) is 0 Å². The standard InChI is InChI=1S/C32H44N2O9.C2H6/c1-17(15-18(2)29-19(3)24-13-14-32(16-40-32)31(5,42-24)43-29)7-9-23(36)27-28(38)21(8-11-25(37)33-6)34(30(27)39)26-12-10-22(35)20(4)41-26;1-2/h7,9,13-15,18-22,24,26-27,29,35H,8,10-12,16H2,1-6H3,(H,33,37);1-2H3/b9-7+,17-15+;/t18-,19+,20?,21-,22?,24+,26?,27?,29?,31?,32-;/m0./s1. The van der Waals surface area contributed by atoms with Gasteiger partial charge in [0.15, 0.2) is 23.1 Å². The Balaban J connectivity index is 0.00000226. The van der Waals surface area contributed by atoms with Crippen molar-refractivity contribution in [2.45, 2.75) is 122 Å². The van der Waals surface area contributed by atoms with Crippen LogP contribution in [0, 0.1) is 17.8 Å². The van der Waals surface area contributed by atoms with E-state index in [-0.39, 0.29) is 42.8 Å². The van der Waals surface area contributed by atoms with Crippen LogP contribution < -0.4 is 5.32 Å². The predicted molar refractivity (Wildman–Crippen MR) is 166 cm³/mol. The highest BCUT2D eigenvalue weighted by atomic mass is 16.8. The number of rotatable bonds is 9. The number of amides is 2. The average molecular weight is 631 g/mol. The Morgan fingerprint density at radius 2 is 1.87 bits per heavy atom. The summed E-state index contributed by atoms with van der Waals surface area (Å²) in [6, 6.07) is -0.961. The van der Waals surface area contributed by atoms with Crippen LogP contribution >= 0.6 is 0 Å². The molecule has 5 aliphatic rings. The number of nitrogens with one attached hydrogen (secondary N) is 1. The lowest BCUT2D eigenvalue weighted by molar-refractivity contribution is -0.346. The van der Waals surface area contributed by atoms with Gasteiger partial charge in [0.05, 0.1) is 37.1 Å². The SMILES string of the molecule is CC.CNC(=O)CC[C@H]1C(=O)C(C(=O)/C=C/C(C)=C/[C@H](C)C2OC3(C)O[C@H](C=C[C@]34CO4)[C@H]2C)C(=O)N1C1CCC(O)C(C)O1. The van der Waals surface area contributed by atoms with Gasteiger partial charge in [-0.25, -0.2) is 0 Å². The van der Waals surface area contributed by atoms with E-state index in [2.05, 4.69) is 25.2 Å². The van der Waals surface area contributed by atoms with Crippen LogP contribution in [0.1, 0.15) is 74.1 Å². The molecule has 0 aromatic carbocycles. The van der Waals surface area contributed by atoms with Crippen LogP contribution in [-0.4, -0.2) is 95.1 Å². The van der Waals surface area contributed by atoms with Gasteiger partial charge in [-0.05, 0) is 52.2 Å². The Labute approximate surface area is 266 Å². The molecule has 2 bridgehead atoms. The minimum atomic E-state index is -1.50. The highest BCUT2D eigenvalue weighted by Crippen LogP contribution is 2.52. The Bertz CT molecular complexity index is 1240. The van der Waals surface area contributed by atoms with Gasteiger partial charge >= 0.3 is 0 Å². The number of carbonyl (C=O) groups is 4. The van der Waals surface area contributed by atoms with Gasteiger partial charge in [-0.1, -0.05) is 51.5 Å². The molecule has 2 N–H and O–H groups in total. The van der Waals surface area contributed by atoms with Crippen LogP contribution in [0.3, 0.4) is 0 Å². The quantitative estimate of drug-likeness (QED) is 0.129. The number of allylic oxidation sites excluding steroid dienone is 3. The Hall–Kier alpha value is -2.70. The summed E-state index contributed by atoms with van der Waals surface area (Å²) in [7, 11) is 1.50. The molecule has 0 radical (unpaired) electrons. The lowest BCUT2D eigenvalue weighted by atomic mass is 9.82. The van der Waals surface area contributed by atoms with Gasteiger partial charge in [0.25, 0.3) is 0 Å². The predicted octanol–water partition coefficient (Wildman–Crippen LogP) is 3.00. The molecule has 0 aromatic heterocycles. The summed E-state index contributed by atoms with van der Waals surface area (Å²) >= 11 is 0. The first-order valence-electron chi connectivity index (χ1n) is 16.3. The van der Waals surface area contributed by atoms with E-state index in [1.54, 1.807) is 13.0 Å². The second-order valence-electron chi connectivity index (χ2n) is 12.8. The number of nitrogens with zero attached hydrogens (tertiary/aromatic N) is 1. The number of fused-ring (bicyclic) bond motifs is 3. The summed E-state index contributed by atoms with van der Waals surface area (Å²) in [6.07, 6.45) is 7.63. The van der Waals surface area contributed by atoms with E-state index in [4.69, 9.17) is 18.9 Å². The van der Waals surface area contributed by atoms with Crippen molar-refractivity contribution in [2.24, 2.45) is 17.8 Å². The molecule has 0 aromatic rings. The number of carbonyl (C=O) groups excluding carboxylic acids is 4. The maximum atomic E-state index is 13.6. The highest BCUT2D eigenvalue weighted by Gasteiger charge is 2.66. The van der Waals surface area contributed by atoms with Crippen LogP contribution in [-0.2, 0) is 38.1 Å². The first-order valence-corrected chi connectivity index (χ1v) is 16.3. The van der Waals surface area contributed by atoms with E-state index >= 15 is 0 Å². The first-order chi connectivity index (χ1) is 21.3. The van der Waals surface area contributed by atoms with Crippen molar-refractivity contribution < 1.29 is 43.2 Å². The highest BCUT2D eigenvalue weighted by molar-refractivity contribution is 6.26. The molecule has 1 spiro atoms. The minimum Gasteiger partial charge on any atom is -0.390 e. The summed E-state index contributed by atoms with van der Waals surface area (Å²) in [5.74, 6) is -4.34. The first kappa shape index (κ1) is 35.2. The largest absolute Gasteiger partial charge is 0.390 e. The van der Waals surface area contributed by atoms with Crippen LogP contribution in [0.4, 0.5) is 0 Å². The number of ether oxygens (including phenoxy) is 4. The number of hydrogen-bond donors (Lipinski definition) is 2. The molecule has 0 aliphatic carbocycles. The zero-order valence-electron chi connectivity index (χ0n) is 27.8. The number of epoxide rings is 1. The van der Waals surface area contributed by atoms with E-state index in [1.165, 1.54) is 18.0 Å². The summed E-state index contributed by atoms with van der Waals surface area (Å²) in [5, 5.41) is 12.6. The van der Waals surface area contributed by atoms with E-state index < -0.39 is 59.3 Å². The summed E-state index contributed by atoms with van der Waals surface area (Å²) in [4.78, 5) is 53.7.